The summed E-state index contributed by atoms with van der Waals surface area (Å²) >= 11 is 3.30. The summed E-state index contributed by atoms with van der Waals surface area (Å²) in [6.07, 6.45) is 3.33. The lowest BCUT2D eigenvalue weighted by molar-refractivity contribution is -0.168. The number of carbonyl (C=O) groups excluding carboxylic acids is 2. The minimum absolute atomic E-state index is 0.171. The molecule has 18 heteroatoms. The van der Waals surface area contributed by atoms with Gasteiger partial charge in [0.15, 0.2) is 0 Å². The van der Waals surface area contributed by atoms with Crippen LogP contribution >= 0.6 is 15.9 Å². The summed E-state index contributed by atoms with van der Waals surface area (Å²) in [4.78, 5) is 32.7. The third-order valence-corrected chi connectivity index (χ3v) is 12.3. The molecule has 0 amide bonds. The molecule has 2 aromatic rings. The topological polar surface area (TPSA) is 152 Å². The molecular formula is C46H76B3BrN2O12. The van der Waals surface area contributed by atoms with Gasteiger partial charge in [-0.1, -0.05) is 6.07 Å². The summed E-state index contributed by atoms with van der Waals surface area (Å²) in [5, 5.41) is 0. The minimum Gasteiger partial charge on any atom is -0.476 e. The van der Waals surface area contributed by atoms with Crippen molar-refractivity contribution in [2.75, 3.05) is 13.2 Å². The number of carbonyl (C=O) groups is 2. The molecule has 0 bridgehead atoms. The smallest absolute Gasteiger partial charge is 0.476 e. The minimum atomic E-state index is -0.778. The highest BCUT2D eigenvalue weighted by atomic mass is 79.9. The van der Waals surface area contributed by atoms with Crippen molar-refractivity contribution < 1.29 is 56.5 Å². The van der Waals surface area contributed by atoms with E-state index in [0.717, 1.165) is 9.94 Å². The summed E-state index contributed by atoms with van der Waals surface area (Å²) in [5.74, 6) is 0.340. The molecule has 5 heterocycles. The number of ether oxygens (including phenoxy) is 4. The Balaban J connectivity index is 0.000000263. The number of halogens is 1. The second-order valence-corrected chi connectivity index (χ2v) is 23.8. The summed E-state index contributed by atoms with van der Waals surface area (Å²) in [5.41, 5.74) is -3.94. The Morgan fingerprint density at radius 1 is 0.516 bits per heavy atom. The van der Waals surface area contributed by atoms with Gasteiger partial charge in [0, 0.05) is 28.4 Å². The molecule has 3 saturated heterocycles. The van der Waals surface area contributed by atoms with E-state index >= 15 is 0 Å². The van der Waals surface area contributed by atoms with Crippen molar-refractivity contribution in [3.05, 3.63) is 41.1 Å². The Bertz CT molecular complexity index is 1810. The molecule has 0 unspecified atom stereocenters. The van der Waals surface area contributed by atoms with Crippen molar-refractivity contribution in [3.8, 4) is 11.8 Å². The Morgan fingerprint density at radius 3 is 1.11 bits per heavy atom. The Kier molecular flexibility index (Phi) is 16.9. The SMILES string of the molecule is CC(C)(C)OC(=O)C(C)(C)COc1ccc(B2OC(C)(C)C(C)(C)O2)cn1.CC(C)(C)OC(=O)C(C)(C)COc1ccc(Br)cn1.CC1(C)OB(B2OC(C)(C)C(C)(C)O2)OC1(C)C. The lowest BCUT2D eigenvalue weighted by Gasteiger charge is -2.32. The van der Waals surface area contributed by atoms with Gasteiger partial charge in [-0.25, -0.2) is 9.97 Å². The van der Waals surface area contributed by atoms with Crippen LogP contribution in [0.15, 0.2) is 41.1 Å². The molecule has 0 radical (unpaired) electrons. The fourth-order valence-corrected chi connectivity index (χ4v) is 5.74. The maximum atomic E-state index is 12.3. The largest absolute Gasteiger partial charge is 0.496 e. The van der Waals surface area contributed by atoms with Crippen molar-refractivity contribution in [1.82, 2.24) is 9.97 Å². The summed E-state index contributed by atoms with van der Waals surface area (Å²) in [6.45, 7) is 42.9. The highest BCUT2D eigenvalue weighted by Crippen LogP contribution is 2.43. The zero-order valence-electron chi connectivity index (χ0n) is 42.8. The molecule has 14 nitrogen and oxygen atoms in total. The van der Waals surface area contributed by atoms with Gasteiger partial charge in [-0.05, 0) is 180 Å². The number of hydrogen-bond donors (Lipinski definition) is 0. The molecule has 3 fully saturated rings. The van der Waals surface area contributed by atoms with E-state index in [0.29, 0.717) is 11.8 Å². The molecular weight excluding hydrogens is 885 g/mol. The van der Waals surface area contributed by atoms with E-state index in [2.05, 4.69) is 25.9 Å². The summed E-state index contributed by atoms with van der Waals surface area (Å²) < 4.78 is 58.8. The fraction of sp³-hybridized carbons (Fsp3) is 0.739. The predicted molar refractivity (Wildman–Crippen MR) is 254 cm³/mol. The van der Waals surface area contributed by atoms with E-state index < -0.39 is 54.4 Å². The van der Waals surface area contributed by atoms with Gasteiger partial charge in [0.25, 0.3) is 0 Å². The number of pyridine rings is 2. The molecule has 0 aliphatic carbocycles. The van der Waals surface area contributed by atoms with Gasteiger partial charge in [-0.15, -0.1) is 0 Å². The zero-order valence-corrected chi connectivity index (χ0v) is 44.4. The third-order valence-electron chi connectivity index (χ3n) is 11.8. The first-order valence-electron chi connectivity index (χ1n) is 22.0. The molecule has 0 spiro atoms. The van der Waals surface area contributed by atoms with Gasteiger partial charge in [-0.2, -0.15) is 0 Å². The van der Waals surface area contributed by atoms with Gasteiger partial charge >= 0.3 is 33.1 Å². The van der Waals surface area contributed by atoms with Crippen molar-refractivity contribution in [2.24, 2.45) is 10.8 Å². The van der Waals surface area contributed by atoms with Crippen LogP contribution in [0.4, 0.5) is 0 Å². The fourth-order valence-electron chi connectivity index (χ4n) is 5.50. The first-order chi connectivity index (χ1) is 28.6. The highest BCUT2D eigenvalue weighted by Gasteiger charge is 2.63. The van der Waals surface area contributed by atoms with Crippen LogP contribution in [0.1, 0.15) is 152 Å². The second kappa shape index (κ2) is 19.5. The molecule has 0 saturated carbocycles. The molecule has 2 aromatic heterocycles. The number of aromatic nitrogens is 2. The Morgan fingerprint density at radius 2 is 0.828 bits per heavy atom. The summed E-state index contributed by atoms with van der Waals surface area (Å²) in [7, 11) is -1.41. The quantitative estimate of drug-likeness (QED) is 0.165. The lowest BCUT2D eigenvalue weighted by atomic mass is 9.49. The normalized spacial score (nSPS) is 20.6. The van der Waals surface area contributed by atoms with Crippen LogP contribution in [0.3, 0.4) is 0 Å². The van der Waals surface area contributed by atoms with E-state index in [1.807, 2.05) is 137 Å². The molecule has 358 valence electrons. The average molecular weight is 961 g/mol. The molecule has 64 heavy (non-hydrogen) atoms. The molecule has 0 aromatic carbocycles. The predicted octanol–water partition coefficient (Wildman–Crippen LogP) is 8.97. The van der Waals surface area contributed by atoms with Gasteiger partial charge in [0.1, 0.15) is 24.4 Å². The van der Waals surface area contributed by atoms with Crippen LogP contribution < -0.4 is 14.9 Å². The van der Waals surface area contributed by atoms with Crippen LogP contribution in [0.25, 0.3) is 0 Å². The van der Waals surface area contributed by atoms with E-state index in [9.17, 15) is 9.59 Å². The third kappa shape index (κ3) is 14.9. The number of nitrogens with zero attached hydrogens (tertiary/aromatic N) is 2. The number of esters is 2. The maximum Gasteiger partial charge on any atom is 0.496 e. The monoisotopic (exact) mass is 960 g/mol. The van der Waals surface area contributed by atoms with E-state index in [1.54, 1.807) is 52.2 Å². The highest BCUT2D eigenvalue weighted by molar-refractivity contribution is 9.10. The summed E-state index contributed by atoms with van der Waals surface area (Å²) in [6, 6.07) is 7.20. The molecule has 5 rings (SSSR count). The van der Waals surface area contributed by atoms with Crippen LogP contribution in [0, 0.1) is 10.8 Å². The molecule has 3 aliphatic heterocycles. The lowest BCUT2D eigenvalue weighted by Crippen LogP contribution is -2.41. The van der Waals surface area contributed by atoms with Gasteiger partial charge in [0.05, 0.1) is 44.4 Å². The number of rotatable bonds is 10. The standard InChI is InChI=1S/C20H32BNO5.C14H20BrNO3.C12H24B2O4/c1-17(2,3)25-16(23)18(4,5)13-24-15-11-10-14(12-22-15)21-26-19(6,7)20(8,9)27-21;1-13(2,3)19-12(17)14(4,5)9-18-11-7-6-10(15)8-16-11;1-9(2)10(3,4)16-13(15-9)14-17-11(5,6)12(7,8)18-14/h10-12H,13H2,1-9H3;6-8H,9H2,1-5H3;1-8H3. The first-order valence-corrected chi connectivity index (χ1v) is 22.8. The van der Waals surface area contributed by atoms with Crippen molar-refractivity contribution in [3.63, 3.8) is 0 Å². The second-order valence-electron chi connectivity index (χ2n) is 22.9. The molecule has 0 atom stereocenters. The Hall–Kier alpha value is -2.73. The van der Waals surface area contributed by atoms with Gasteiger partial charge < -0.3 is 46.9 Å². The maximum absolute atomic E-state index is 12.3. The van der Waals surface area contributed by atoms with Crippen LogP contribution in [-0.4, -0.2) is 101 Å². The Labute approximate surface area is 393 Å². The zero-order chi connectivity index (χ0) is 49.3. The van der Waals surface area contributed by atoms with Gasteiger partial charge in [0.2, 0.25) is 11.8 Å². The average Bonchev–Trinajstić information content (AvgIpc) is 3.59. The van der Waals surface area contributed by atoms with E-state index in [1.165, 1.54) is 0 Å². The van der Waals surface area contributed by atoms with Crippen molar-refractivity contribution in [2.45, 2.75) is 197 Å². The molecule has 0 N–H and O–H groups in total. The molecule has 3 aliphatic rings. The van der Waals surface area contributed by atoms with Crippen LogP contribution in [-0.2, 0) is 47.0 Å². The van der Waals surface area contributed by atoms with Gasteiger partial charge in [-0.3, -0.25) is 9.59 Å². The van der Waals surface area contributed by atoms with Crippen molar-refractivity contribution in [1.29, 1.82) is 0 Å². The first kappa shape index (κ1) is 55.6. The number of hydrogen-bond acceptors (Lipinski definition) is 14. The van der Waals surface area contributed by atoms with Crippen LogP contribution in [0.5, 0.6) is 11.8 Å². The van der Waals surface area contributed by atoms with E-state index in [4.69, 9.17) is 46.9 Å². The van der Waals surface area contributed by atoms with Crippen LogP contribution in [0.2, 0.25) is 0 Å². The van der Waals surface area contributed by atoms with E-state index in [-0.39, 0.29) is 47.6 Å². The van der Waals surface area contributed by atoms with Crippen molar-refractivity contribution >= 4 is 54.5 Å².